The molecular weight excluding hydrogens is 252 g/mol. The molecule has 20 heavy (non-hydrogen) atoms. The number of carbonyl (C=O) groups excluding carboxylic acids is 2. The zero-order chi connectivity index (χ0) is 14.5. The number of ketones is 1. The van der Waals surface area contributed by atoms with Gasteiger partial charge in [0.25, 0.3) is 0 Å². The van der Waals surface area contributed by atoms with Gasteiger partial charge in [-0.25, -0.2) is 0 Å². The van der Waals surface area contributed by atoms with Crippen molar-refractivity contribution in [3.05, 3.63) is 29.3 Å². The van der Waals surface area contributed by atoms with Crippen molar-refractivity contribution in [1.29, 1.82) is 0 Å². The first-order valence-electron chi connectivity index (χ1n) is 7.25. The minimum absolute atomic E-state index is 0.0120. The zero-order valence-electron chi connectivity index (χ0n) is 12.0. The van der Waals surface area contributed by atoms with Gasteiger partial charge >= 0.3 is 0 Å². The molecule has 0 unspecified atom stereocenters. The second kappa shape index (κ2) is 6.55. The van der Waals surface area contributed by atoms with E-state index in [1.165, 1.54) is 6.42 Å². The van der Waals surface area contributed by atoms with E-state index < -0.39 is 0 Å². The molecule has 0 spiro atoms. The number of benzene rings is 1. The van der Waals surface area contributed by atoms with Crippen molar-refractivity contribution in [2.24, 2.45) is 0 Å². The van der Waals surface area contributed by atoms with Crippen LogP contribution in [0.3, 0.4) is 0 Å². The minimum Gasteiger partial charge on any atom is -0.398 e. The monoisotopic (exact) mass is 274 g/mol. The van der Waals surface area contributed by atoms with Gasteiger partial charge in [-0.1, -0.05) is 12.1 Å². The number of likely N-dealkylation sites (tertiary alicyclic amines) is 1. The molecule has 1 aliphatic rings. The molecule has 108 valence electrons. The number of nitrogens with two attached hydrogens (primary N) is 1. The van der Waals surface area contributed by atoms with Gasteiger partial charge in [-0.2, -0.15) is 0 Å². The van der Waals surface area contributed by atoms with E-state index in [1.807, 2.05) is 17.9 Å². The molecule has 2 N–H and O–H groups in total. The Balaban J connectivity index is 1.88. The summed E-state index contributed by atoms with van der Waals surface area (Å²) in [6, 6.07) is 5.32. The van der Waals surface area contributed by atoms with Crippen molar-refractivity contribution in [3.63, 3.8) is 0 Å². The van der Waals surface area contributed by atoms with Crippen LogP contribution in [0.1, 0.15) is 48.0 Å². The molecule has 1 fully saturated rings. The van der Waals surface area contributed by atoms with Gasteiger partial charge in [0.05, 0.1) is 0 Å². The maximum absolute atomic E-state index is 12.1. The number of nitrogen functional groups attached to an aromatic ring is 1. The molecule has 1 aromatic rings. The zero-order valence-corrected chi connectivity index (χ0v) is 12.0. The third-order valence-corrected chi connectivity index (χ3v) is 3.88. The van der Waals surface area contributed by atoms with Crippen LogP contribution in [0.2, 0.25) is 0 Å². The molecule has 0 bridgehead atoms. The maximum Gasteiger partial charge on any atom is 0.223 e. The summed E-state index contributed by atoms with van der Waals surface area (Å²) < 4.78 is 0. The van der Waals surface area contributed by atoms with Crippen LogP contribution in [0, 0.1) is 6.92 Å². The maximum atomic E-state index is 12.1. The average Bonchev–Trinajstić information content (AvgIpc) is 2.48. The fourth-order valence-electron chi connectivity index (χ4n) is 2.48. The predicted octanol–water partition coefficient (Wildman–Crippen LogP) is 2.55. The van der Waals surface area contributed by atoms with Crippen LogP contribution in [-0.2, 0) is 4.79 Å². The number of rotatable bonds is 4. The van der Waals surface area contributed by atoms with Crippen LogP contribution in [0.5, 0.6) is 0 Å². The first kappa shape index (κ1) is 14.6. The van der Waals surface area contributed by atoms with E-state index in [9.17, 15) is 9.59 Å². The molecule has 0 aliphatic carbocycles. The number of nitrogens with zero attached hydrogens (tertiary/aromatic N) is 1. The second-order valence-corrected chi connectivity index (χ2v) is 5.44. The fourth-order valence-corrected chi connectivity index (χ4v) is 2.48. The molecule has 4 nitrogen and oxygen atoms in total. The smallest absolute Gasteiger partial charge is 0.223 e. The molecule has 0 saturated carbocycles. The van der Waals surface area contributed by atoms with Gasteiger partial charge in [0.15, 0.2) is 5.78 Å². The van der Waals surface area contributed by atoms with Crippen molar-refractivity contribution < 1.29 is 9.59 Å². The summed E-state index contributed by atoms with van der Waals surface area (Å²) in [5.74, 6) is 0.0835. The first-order chi connectivity index (χ1) is 9.58. The van der Waals surface area contributed by atoms with E-state index in [4.69, 9.17) is 5.73 Å². The molecule has 0 aromatic heterocycles. The largest absolute Gasteiger partial charge is 0.398 e. The molecule has 4 heteroatoms. The molecule has 1 amide bonds. The summed E-state index contributed by atoms with van der Waals surface area (Å²) in [4.78, 5) is 25.9. The summed E-state index contributed by atoms with van der Waals surface area (Å²) in [5, 5.41) is 0. The van der Waals surface area contributed by atoms with Crippen LogP contribution in [-0.4, -0.2) is 29.7 Å². The minimum atomic E-state index is -0.0120. The Kier molecular flexibility index (Phi) is 4.77. The van der Waals surface area contributed by atoms with Crippen molar-refractivity contribution in [2.75, 3.05) is 18.8 Å². The summed E-state index contributed by atoms with van der Waals surface area (Å²) >= 11 is 0. The highest BCUT2D eigenvalue weighted by atomic mass is 16.2. The molecule has 2 rings (SSSR count). The van der Waals surface area contributed by atoms with Crippen LogP contribution in [0.15, 0.2) is 18.2 Å². The van der Waals surface area contributed by atoms with Gasteiger partial charge in [0, 0.05) is 37.2 Å². The number of piperidine rings is 1. The molecule has 1 heterocycles. The standard InChI is InChI=1S/C16H22N2O2/c1-12-5-6-13(11-14(12)17)15(19)7-8-16(20)18-9-3-2-4-10-18/h5-6,11H,2-4,7-10,17H2,1H3. The van der Waals surface area contributed by atoms with E-state index in [0.717, 1.165) is 31.5 Å². The summed E-state index contributed by atoms with van der Waals surface area (Å²) in [6.45, 7) is 3.58. The predicted molar refractivity (Wildman–Crippen MR) is 79.6 cm³/mol. The Hall–Kier alpha value is -1.84. The summed E-state index contributed by atoms with van der Waals surface area (Å²) in [5.41, 5.74) is 7.99. The lowest BCUT2D eigenvalue weighted by atomic mass is 10.0. The van der Waals surface area contributed by atoms with E-state index in [2.05, 4.69) is 0 Å². The molecule has 0 atom stereocenters. The van der Waals surface area contributed by atoms with E-state index in [1.54, 1.807) is 12.1 Å². The van der Waals surface area contributed by atoms with Crippen LogP contribution in [0.4, 0.5) is 5.69 Å². The third kappa shape index (κ3) is 3.59. The Morgan fingerprint density at radius 3 is 2.50 bits per heavy atom. The van der Waals surface area contributed by atoms with Gasteiger partial charge < -0.3 is 10.6 Å². The molecular formula is C16H22N2O2. The first-order valence-corrected chi connectivity index (χ1v) is 7.25. The number of Topliss-reactive ketones (excluding diaryl/α,β-unsaturated/α-hetero) is 1. The number of hydrogen-bond acceptors (Lipinski definition) is 3. The number of amides is 1. The Morgan fingerprint density at radius 1 is 1.15 bits per heavy atom. The highest BCUT2D eigenvalue weighted by Crippen LogP contribution is 2.16. The van der Waals surface area contributed by atoms with Crippen LogP contribution >= 0.6 is 0 Å². The molecule has 0 radical (unpaired) electrons. The average molecular weight is 274 g/mol. The van der Waals surface area contributed by atoms with Crippen molar-refractivity contribution >= 4 is 17.4 Å². The second-order valence-electron chi connectivity index (χ2n) is 5.44. The van der Waals surface area contributed by atoms with Gasteiger partial charge in [-0.15, -0.1) is 0 Å². The van der Waals surface area contributed by atoms with Crippen molar-refractivity contribution in [1.82, 2.24) is 4.90 Å². The quantitative estimate of drug-likeness (QED) is 0.678. The number of carbonyl (C=O) groups is 2. The Labute approximate surface area is 119 Å². The van der Waals surface area contributed by atoms with E-state index >= 15 is 0 Å². The Morgan fingerprint density at radius 2 is 1.85 bits per heavy atom. The van der Waals surface area contributed by atoms with Crippen LogP contribution < -0.4 is 5.73 Å². The normalized spacial score (nSPS) is 15.2. The van der Waals surface area contributed by atoms with Crippen molar-refractivity contribution in [2.45, 2.75) is 39.0 Å². The molecule has 1 saturated heterocycles. The lowest BCUT2D eigenvalue weighted by molar-refractivity contribution is -0.132. The highest BCUT2D eigenvalue weighted by Gasteiger charge is 2.17. The number of aryl methyl sites for hydroxylation is 1. The lowest BCUT2D eigenvalue weighted by Gasteiger charge is -2.26. The lowest BCUT2D eigenvalue weighted by Crippen LogP contribution is -2.35. The van der Waals surface area contributed by atoms with Crippen LogP contribution in [0.25, 0.3) is 0 Å². The van der Waals surface area contributed by atoms with Gasteiger partial charge in [0.1, 0.15) is 0 Å². The van der Waals surface area contributed by atoms with E-state index in [-0.39, 0.29) is 18.1 Å². The van der Waals surface area contributed by atoms with Gasteiger partial charge in [-0.05, 0) is 37.8 Å². The number of anilines is 1. The molecule has 1 aliphatic heterocycles. The molecule has 1 aromatic carbocycles. The summed E-state index contributed by atoms with van der Waals surface area (Å²) in [6.07, 6.45) is 3.91. The van der Waals surface area contributed by atoms with Gasteiger partial charge in [-0.3, -0.25) is 9.59 Å². The fraction of sp³-hybridized carbons (Fsp3) is 0.500. The highest BCUT2D eigenvalue weighted by molar-refractivity contribution is 5.98. The number of hydrogen-bond donors (Lipinski definition) is 1. The third-order valence-electron chi connectivity index (χ3n) is 3.88. The van der Waals surface area contributed by atoms with E-state index in [0.29, 0.717) is 17.7 Å². The summed E-state index contributed by atoms with van der Waals surface area (Å²) in [7, 11) is 0. The van der Waals surface area contributed by atoms with Crippen molar-refractivity contribution in [3.8, 4) is 0 Å². The Bertz CT molecular complexity index is 505. The topological polar surface area (TPSA) is 63.4 Å². The SMILES string of the molecule is Cc1ccc(C(=O)CCC(=O)N2CCCCC2)cc1N. The van der Waals surface area contributed by atoms with Gasteiger partial charge in [0.2, 0.25) is 5.91 Å².